The highest BCUT2D eigenvalue weighted by atomic mass is 32.2. The normalized spacial score (nSPS) is 11.1. The second-order valence-corrected chi connectivity index (χ2v) is 5.12. The first-order valence-electron chi connectivity index (χ1n) is 6.28. The van der Waals surface area contributed by atoms with Crippen molar-refractivity contribution in [3.8, 4) is 11.6 Å². The third-order valence-electron chi connectivity index (χ3n) is 2.79. The average Bonchev–Trinajstić information content (AvgIpc) is 3.16. The molecule has 0 atom stereocenters. The summed E-state index contributed by atoms with van der Waals surface area (Å²) in [4.78, 5) is 4.27. The van der Waals surface area contributed by atoms with Gasteiger partial charge in [-0.05, 0) is 19.1 Å². The van der Waals surface area contributed by atoms with E-state index in [4.69, 9.17) is 8.83 Å². The van der Waals surface area contributed by atoms with Gasteiger partial charge >= 0.3 is 0 Å². The van der Waals surface area contributed by atoms with Crippen LogP contribution in [0, 0.1) is 6.92 Å². The Morgan fingerprint density at radius 3 is 2.85 bits per heavy atom. The SMILES string of the molecule is CCn1c(SCc2coc(C)n2)nnc1-c1ccco1. The molecule has 3 heterocycles. The van der Waals surface area contributed by atoms with E-state index in [0.29, 0.717) is 11.6 Å². The van der Waals surface area contributed by atoms with Crippen molar-refractivity contribution in [1.82, 2.24) is 19.7 Å². The van der Waals surface area contributed by atoms with Gasteiger partial charge in [0.25, 0.3) is 0 Å². The Labute approximate surface area is 120 Å². The minimum atomic E-state index is 0.675. The highest BCUT2D eigenvalue weighted by Gasteiger charge is 2.15. The average molecular weight is 290 g/mol. The minimum Gasteiger partial charge on any atom is -0.461 e. The molecule has 0 aliphatic heterocycles. The topological polar surface area (TPSA) is 69.9 Å². The van der Waals surface area contributed by atoms with Crippen LogP contribution in [0.15, 0.2) is 38.6 Å². The van der Waals surface area contributed by atoms with E-state index in [9.17, 15) is 0 Å². The molecule has 0 fully saturated rings. The van der Waals surface area contributed by atoms with E-state index in [2.05, 4.69) is 22.1 Å². The molecular formula is C13H14N4O2S. The van der Waals surface area contributed by atoms with E-state index >= 15 is 0 Å². The summed E-state index contributed by atoms with van der Waals surface area (Å²) in [5.41, 5.74) is 0.901. The number of furan rings is 1. The van der Waals surface area contributed by atoms with Gasteiger partial charge in [0.15, 0.2) is 22.6 Å². The highest BCUT2D eigenvalue weighted by Crippen LogP contribution is 2.26. The Balaban J connectivity index is 1.80. The lowest BCUT2D eigenvalue weighted by atomic mass is 10.4. The summed E-state index contributed by atoms with van der Waals surface area (Å²) in [6.07, 6.45) is 3.30. The third-order valence-corrected chi connectivity index (χ3v) is 3.79. The third kappa shape index (κ3) is 2.49. The van der Waals surface area contributed by atoms with Crippen LogP contribution in [0.5, 0.6) is 0 Å². The van der Waals surface area contributed by atoms with Gasteiger partial charge in [0.1, 0.15) is 6.26 Å². The van der Waals surface area contributed by atoms with E-state index < -0.39 is 0 Å². The highest BCUT2D eigenvalue weighted by molar-refractivity contribution is 7.98. The Bertz CT molecular complexity index is 687. The lowest BCUT2D eigenvalue weighted by molar-refractivity contribution is 0.521. The molecule has 3 rings (SSSR count). The van der Waals surface area contributed by atoms with Crippen LogP contribution >= 0.6 is 11.8 Å². The molecule has 3 aromatic heterocycles. The summed E-state index contributed by atoms with van der Waals surface area (Å²) in [5, 5.41) is 9.27. The number of thioether (sulfide) groups is 1. The maximum Gasteiger partial charge on any atom is 0.200 e. The van der Waals surface area contributed by atoms with Gasteiger partial charge in [-0.3, -0.25) is 4.57 Å². The van der Waals surface area contributed by atoms with Gasteiger partial charge in [-0.1, -0.05) is 11.8 Å². The zero-order valence-electron chi connectivity index (χ0n) is 11.2. The predicted molar refractivity (Wildman–Crippen MR) is 74.2 cm³/mol. The van der Waals surface area contributed by atoms with Crippen LogP contribution < -0.4 is 0 Å². The van der Waals surface area contributed by atoms with Gasteiger partial charge in [0, 0.05) is 19.2 Å². The fourth-order valence-electron chi connectivity index (χ4n) is 1.88. The van der Waals surface area contributed by atoms with E-state index in [1.807, 2.05) is 23.6 Å². The zero-order valence-corrected chi connectivity index (χ0v) is 12.1. The van der Waals surface area contributed by atoms with Crippen LogP contribution in [0.4, 0.5) is 0 Å². The molecule has 0 aromatic carbocycles. The number of hydrogen-bond donors (Lipinski definition) is 0. The van der Waals surface area contributed by atoms with Crippen molar-refractivity contribution < 1.29 is 8.83 Å². The molecule has 7 heteroatoms. The number of rotatable bonds is 5. The summed E-state index contributed by atoms with van der Waals surface area (Å²) in [6, 6.07) is 3.72. The smallest absolute Gasteiger partial charge is 0.200 e. The molecule has 0 radical (unpaired) electrons. The fraction of sp³-hybridized carbons (Fsp3) is 0.308. The summed E-state index contributed by atoms with van der Waals surface area (Å²) in [5.74, 6) is 2.85. The van der Waals surface area contributed by atoms with E-state index in [1.165, 1.54) is 0 Å². The Kier molecular flexibility index (Phi) is 3.60. The second-order valence-electron chi connectivity index (χ2n) is 4.17. The van der Waals surface area contributed by atoms with Crippen molar-refractivity contribution >= 4 is 11.8 Å². The molecule has 0 bridgehead atoms. The van der Waals surface area contributed by atoms with Gasteiger partial charge in [-0.2, -0.15) is 0 Å². The van der Waals surface area contributed by atoms with E-state index in [1.54, 1.807) is 24.3 Å². The molecule has 0 unspecified atom stereocenters. The second kappa shape index (κ2) is 5.54. The number of oxazole rings is 1. The van der Waals surface area contributed by atoms with Crippen molar-refractivity contribution in [1.29, 1.82) is 0 Å². The van der Waals surface area contributed by atoms with Gasteiger partial charge in [-0.15, -0.1) is 10.2 Å². The molecule has 0 amide bonds. The summed E-state index contributed by atoms with van der Waals surface area (Å²) in [6.45, 7) is 4.67. The fourth-order valence-corrected chi connectivity index (χ4v) is 2.76. The first-order chi connectivity index (χ1) is 9.78. The van der Waals surface area contributed by atoms with Crippen molar-refractivity contribution in [2.24, 2.45) is 0 Å². The summed E-state index contributed by atoms with van der Waals surface area (Å²) < 4.78 is 12.6. The summed E-state index contributed by atoms with van der Waals surface area (Å²) >= 11 is 1.58. The lowest BCUT2D eigenvalue weighted by Crippen LogP contribution is -1.99. The molecule has 0 N–H and O–H groups in total. The Morgan fingerprint density at radius 2 is 2.20 bits per heavy atom. The quantitative estimate of drug-likeness (QED) is 0.672. The molecule has 0 spiro atoms. The molecule has 0 aliphatic rings. The number of nitrogens with zero attached hydrogens (tertiary/aromatic N) is 4. The number of aromatic nitrogens is 4. The first-order valence-corrected chi connectivity index (χ1v) is 7.27. The monoisotopic (exact) mass is 290 g/mol. The van der Waals surface area contributed by atoms with Crippen molar-refractivity contribution in [3.05, 3.63) is 36.2 Å². The lowest BCUT2D eigenvalue weighted by Gasteiger charge is -2.04. The van der Waals surface area contributed by atoms with Crippen LogP contribution in [0.3, 0.4) is 0 Å². The van der Waals surface area contributed by atoms with Crippen LogP contribution in [-0.2, 0) is 12.3 Å². The number of hydrogen-bond acceptors (Lipinski definition) is 6. The maximum atomic E-state index is 5.38. The minimum absolute atomic E-state index is 0.675. The van der Waals surface area contributed by atoms with Crippen LogP contribution in [0.25, 0.3) is 11.6 Å². The molecule has 0 saturated carbocycles. The van der Waals surface area contributed by atoms with Gasteiger partial charge < -0.3 is 8.83 Å². The molecule has 0 aliphatic carbocycles. The van der Waals surface area contributed by atoms with Crippen LogP contribution in [-0.4, -0.2) is 19.7 Å². The van der Waals surface area contributed by atoms with Crippen molar-refractivity contribution in [2.75, 3.05) is 0 Å². The Morgan fingerprint density at radius 1 is 1.30 bits per heavy atom. The molecular weight excluding hydrogens is 276 g/mol. The van der Waals surface area contributed by atoms with Crippen molar-refractivity contribution in [2.45, 2.75) is 31.3 Å². The Hall–Kier alpha value is -2.02. The largest absolute Gasteiger partial charge is 0.461 e. The van der Waals surface area contributed by atoms with Gasteiger partial charge in [-0.25, -0.2) is 4.98 Å². The molecule has 104 valence electrons. The molecule has 20 heavy (non-hydrogen) atoms. The van der Waals surface area contributed by atoms with E-state index in [0.717, 1.165) is 29.0 Å². The van der Waals surface area contributed by atoms with Gasteiger partial charge in [0.05, 0.1) is 12.0 Å². The van der Waals surface area contributed by atoms with Crippen LogP contribution in [0.2, 0.25) is 0 Å². The first kappa shape index (κ1) is 13.0. The van der Waals surface area contributed by atoms with Crippen LogP contribution in [0.1, 0.15) is 18.5 Å². The molecule has 3 aromatic rings. The maximum absolute atomic E-state index is 5.38. The zero-order chi connectivity index (χ0) is 13.9. The standard InChI is InChI=1S/C13H14N4O2S/c1-3-17-12(11-5-4-6-18-11)15-16-13(17)20-8-10-7-19-9(2)14-10/h4-7H,3,8H2,1-2H3. The predicted octanol–water partition coefficient (Wildman–Crippen LogP) is 3.15. The molecule has 6 nitrogen and oxygen atoms in total. The van der Waals surface area contributed by atoms with E-state index in [-0.39, 0.29) is 0 Å². The molecule has 0 saturated heterocycles. The summed E-state index contributed by atoms with van der Waals surface area (Å²) in [7, 11) is 0. The van der Waals surface area contributed by atoms with Crippen molar-refractivity contribution in [3.63, 3.8) is 0 Å². The number of aryl methyl sites for hydroxylation is 1. The van der Waals surface area contributed by atoms with Gasteiger partial charge in [0.2, 0.25) is 0 Å².